The van der Waals surface area contributed by atoms with Gasteiger partial charge in [0, 0.05) is 18.5 Å². The monoisotopic (exact) mass is 127 g/mol. The molecule has 1 aliphatic carbocycles. The third-order valence-electron chi connectivity index (χ3n) is 2.79. The molecule has 2 heteroatoms. The number of hydrogen-bond donors (Lipinski definition) is 1. The Balaban J connectivity index is 2.05. The Morgan fingerprint density at radius 1 is 1.78 bits per heavy atom. The number of piperidine rings is 1. The van der Waals surface area contributed by atoms with Crippen LogP contribution in [0.25, 0.3) is 0 Å². The van der Waals surface area contributed by atoms with Crippen molar-refractivity contribution in [3.63, 3.8) is 0 Å². The van der Waals surface area contributed by atoms with Crippen LogP contribution in [0.3, 0.4) is 0 Å². The van der Waals surface area contributed by atoms with E-state index in [4.69, 9.17) is 5.11 Å². The standard InChI is InChI=1S/C7H13NO/c1-8-3-6-2-7(6,4-8)5-9/h6,9H,2-5H2,1H3. The third-order valence-corrected chi connectivity index (χ3v) is 2.79. The Bertz CT molecular complexity index is 133. The zero-order chi connectivity index (χ0) is 6.48. The summed E-state index contributed by atoms with van der Waals surface area (Å²) >= 11 is 0. The van der Waals surface area contributed by atoms with Gasteiger partial charge in [0.15, 0.2) is 0 Å². The molecule has 0 radical (unpaired) electrons. The van der Waals surface area contributed by atoms with Crippen LogP contribution in [0.4, 0.5) is 0 Å². The first-order valence-electron chi connectivity index (χ1n) is 3.56. The number of nitrogens with zero attached hydrogens (tertiary/aromatic N) is 1. The minimum atomic E-state index is 0.356. The number of rotatable bonds is 1. The summed E-state index contributed by atoms with van der Waals surface area (Å²) in [6, 6.07) is 0. The summed E-state index contributed by atoms with van der Waals surface area (Å²) in [5.41, 5.74) is 0.356. The van der Waals surface area contributed by atoms with E-state index in [1.54, 1.807) is 0 Å². The van der Waals surface area contributed by atoms with Gasteiger partial charge in [0.25, 0.3) is 0 Å². The average molecular weight is 127 g/mol. The van der Waals surface area contributed by atoms with E-state index in [1.807, 2.05) is 0 Å². The van der Waals surface area contributed by atoms with Gasteiger partial charge in [-0.15, -0.1) is 0 Å². The second-order valence-corrected chi connectivity index (χ2v) is 3.62. The minimum Gasteiger partial charge on any atom is -0.396 e. The molecule has 9 heavy (non-hydrogen) atoms. The van der Waals surface area contributed by atoms with Gasteiger partial charge in [-0.2, -0.15) is 0 Å². The van der Waals surface area contributed by atoms with Crippen molar-refractivity contribution in [2.24, 2.45) is 11.3 Å². The number of likely N-dealkylation sites (tertiary alicyclic amines) is 1. The molecule has 0 aromatic heterocycles. The van der Waals surface area contributed by atoms with Gasteiger partial charge in [0.1, 0.15) is 0 Å². The lowest BCUT2D eigenvalue weighted by atomic mass is 10.1. The smallest absolute Gasteiger partial charge is 0.0502 e. The maximum absolute atomic E-state index is 8.96. The topological polar surface area (TPSA) is 23.5 Å². The fourth-order valence-corrected chi connectivity index (χ4v) is 2.11. The van der Waals surface area contributed by atoms with Crippen LogP contribution in [0.2, 0.25) is 0 Å². The molecule has 2 fully saturated rings. The zero-order valence-corrected chi connectivity index (χ0v) is 5.80. The first-order chi connectivity index (χ1) is 4.27. The molecular formula is C7H13NO. The maximum atomic E-state index is 8.96. The molecule has 1 heterocycles. The molecular weight excluding hydrogens is 114 g/mol. The first kappa shape index (κ1) is 5.69. The Kier molecular flexibility index (Phi) is 0.945. The van der Waals surface area contributed by atoms with Crippen molar-refractivity contribution in [3.8, 4) is 0 Å². The highest BCUT2D eigenvalue weighted by atomic mass is 16.3. The van der Waals surface area contributed by atoms with Crippen LogP contribution < -0.4 is 0 Å². The number of fused-ring (bicyclic) bond motifs is 1. The lowest BCUT2D eigenvalue weighted by molar-refractivity contribution is 0.196. The van der Waals surface area contributed by atoms with Gasteiger partial charge in [0.2, 0.25) is 0 Å². The summed E-state index contributed by atoms with van der Waals surface area (Å²) in [7, 11) is 2.13. The lowest BCUT2D eigenvalue weighted by Gasteiger charge is -2.12. The minimum absolute atomic E-state index is 0.356. The number of aliphatic hydroxyl groups excluding tert-OH is 1. The molecule has 0 aromatic rings. The van der Waals surface area contributed by atoms with Crippen LogP contribution in [0.15, 0.2) is 0 Å². The predicted molar refractivity (Wildman–Crippen MR) is 35.1 cm³/mol. The quantitative estimate of drug-likeness (QED) is 0.533. The van der Waals surface area contributed by atoms with Gasteiger partial charge < -0.3 is 10.0 Å². The van der Waals surface area contributed by atoms with Crippen molar-refractivity contribution >= 4 is 0 Å². The molecule has 2 nitrogen and oxygen atoms in total. The molecule has 2 rings (SSSR count). The summed E-state index contributed by atoms with van der Waals surface area (Å²) < 4.78 is 0. The molecule has 2 unspecified atom stereocenters. The maximum Gasteiger partial charge on any atom is 0.0502 e. The predicted octanol–water partition coefficient (Wildman–Crippen LogP) is -0.0696. The van der Waals surface area contributed by atoms with Gasteiger partial charge >= 0.3 is 0 Å². The molecule has 2 aliphatic rings. The normalized spacial score (nSPS) is 49.3. The van der Waals surface area contributed by atoms with Gasteiger partial charge in [-0.3, -0.25) is 0 Å². The van der Waals surface area contributed by atoms with E-state index >= 15 is 0 Å². The SMILES string of the molecule is CN1CC2CC2(CO)C1. The number of hydrogen-bond acceptors (Lipinski definition) is 2. The molecule has 1 N–H and O–H groups in total. The average Bonchev–Trinajstić information content (AvgIpc) is 2.38. The molecule has 1 saturated carbocycles. The second kappa shape index (κ2) is 1.50. The van der Waals surface area contributed by atoms with E-state index in [2.05, 4.69) is 11.9 Å². The van der Waals surface area contributed by atoms with E-state index in [9.17, 15) is 0 Å². The highest BCUT2D eigenvalue weighted by Crippen LogP contribution is 2.56. The van der Waals surface area contributed by atoms with Crippen molar-refractivity contribution in [2.45, 2.75) is 6.42 Å². The van der Waals surface area contributed by atoms with Crippen molar-refractivity contribution in [1.29, 1.82) is 0 Å². The molecule has 0 bridgehead atoms. The fraction of sp³-hybridized carbons (Fsp3) is 1.00. The van der Waals surface area contributed by atoms with Gasteiger partial charge in [0.05, 0.1) is 6.61 Å². The summed E-state index contributed by atoms with van der Waals surface area (Å²) in [5.74, 6) is 0.826. The molecule has 0 amide bonds. The summed E-state index contributed by atoms with van der Waals surface area (Å²) in [5, 5.41) is 8.96. The Morgan fingerprint density at radius 3 is 2.89 bits per heavy atom. The Morgan fingerprint density at radius 2 is 2.56 bits per heavy atom. The summed E-state index contributed by atoms with van der Waals surface area (Å²) in [4.78, 5) is 2.31. The molecule has 0 aromatic carbocycles. The second-order valence-electron chi connectivity index (χ2n) is 3.62. The largest absolute Gasteiger partial charge is 0.396 e. The van der Waals surface area contributed by atoms with Crippen molar-refractivity contribution in [3.05, 3.63) is 0 Å². The van der Waals surface area contributed by atoms with Crippen LogP contribution in [0.1, 0.15) is 6.42 Å². The van der Waals surface area contributed by atoms with Gasteiger partial charge in [-0.25, -0.2) is 0 Å². The van der Waals surface area contributed by atoms with Crippen LogP contribution in [-0.4, -0.2) is 36.8 Å². The van der Waals surface area contributed by atoms with E-state index in [-0.39, 0.29) is 0 Å². The number of aliphatic hydroxyl groups is 1. The van der Waals surface area contributed by atoms with Crippen molar-refractivity contribution in [1.82, 2.24) is 4.90 Å². The first-order valence-corrected chi connectivity index (χ1v) is 3.56. The molecule has 2 atom stereocenters. The fourth-order valence-electron chi connectivity index (χ4n) is 2.11. The summed E-state index contributed by atoms with van der Waals surface area (Å²) in [6.07, 6.45) is 1.27. The lowest BCUT2D eigenvalue weighted by Crippen LogP contribution is -2.21. The van der Waals surface area contributed by atoms with Crippen LogP contribution in [0, 0.1) is 11.3 Å². The highest BCUT2D eigenvalue weighted by molar-refractivity contribution is 5.09. The zero-order valence-electron chi connectivity index (χ0n) is 5.80. The molecule has 1 aliphatic heterocycles. The van der Waals surface area contributed by atoms with E-state index in [0.29, 0.717) is 12.0 Å². The Labute approximate surface area is 55.5 Å². The molecule has 1 saturated heterocycles. The van der Waals surface area contributed by atoms with Crippen LogP contribution in [0.5, 0.6) is 0 Å². The van der Waals surface area contributed by atoms with Gasteiger partial charge in [-0.1, -0.05) is 0 Å². The Hall–Kier alpha value is -0.0800. The highest BCUT2D eigenvalue weighted by Gasteiger charge is 2.58. The van der Waals surface area contributed by atoms with E-state index in [0.717, 1.165) is 12.5 Å². The van der Waals surface area contributed by atoms with Crippen molar-refractivity contribution in [2.75, 3.05) is 26.7 Å². The third kappa shape index (κ3) is 0.634. The van der Waals surface area contributed by atoms with Gasteiger partial charge in [-0.05, 0) is 19.4 Å². The molecule has 52 valence electrons. The van der Waals surface area contributed by atoms with Crippen LogP contribution >= 0.6 is 0 Å². The van der Waals surface area contributed by atoms with E-state index in [1.165, 1.54) is 13.0 Å². The molecule has 0 spiro atoms. The van der Waals surface area contributed by atoms with Crippen molar-refractivity contribution < 1.29 is 5.11 Å². The summed E-state index contributed by atoms with van der Waals surface area (Å²) in [6.45, 7) is 2.73. The van der Waals surface area contributed by atoms with Crippen LogP contribution in [-0.2, 0) is 0 Å². The van der Waals surface area contributed by atoms with E-state index < -0.39 is 0 Å².